The van der Waals surface area contributed by atoms with Crippen LogP contribution in [0.4, 0.5) is 8.78 Å². The van der Waals surface area contributed by atoms with E-state index in [1.807, 2.05) is 0 Å². The molecule has 2 aliphatic heterocycles. The summed E-state index contributed by atoms with van der Waals surface area (Å²) in [6, 6.07) is 2.43. The van der Waals surface area contributed by atoms with Crippen LogP contribution in [0.15, 0.2) is 16.8 Å². The Morgan fingerprint density at radius 1 is 1.29 bits per heavy atom. The van der Waals surface area contributed by atoms with Crippen LogP contribution in [0.1, 0.15) is 11.3 Å². The molecule has 2 saturated heterocycles. The second-order valence-corrected chi connectivity index (χ2v) is 6.57. The quantitative estimate of drug-likeness (QED) is 0.797. The molecule has 1 unspecified atom stereocenters. The predicted molar refractivity (Wildman–Crippen MR) is 78.6 cm³/mol. The monoisotopic (exact) mass is 337 g/mol. The second kappa shape index (κ2) is 5.78. The van der Waals surface area contributed by atoms with Crippen molar-refractivity contribution in [1.82, 2.24) is 10.1 Å². The summed E-state index contributed by atoms with van der Waals surface area (Å²) in [5.41, 5.74) is 0.951. The molecule has 0 saturated carbocycles. The first kappa shape index (κ1) is 15.5. The summed E-state index contributed by atoms with van der Waals surface area (Å²) in [6.45, 7) is 5.14. The van der Waals surface area contributed by atoms with Crippen molar-refractivity contribution in [1.29, 1.82) is 0 Å². The molecular formula is C16H17F2N3O3. The van der Waals surface area contributed by atoms with Crippen LogP contribution < -0.4 is 4.90 Å². The topological polar surface area (TPSA) is 65.4 Å². The van der Waals surface area contributed by atoms with Crippen molar-refractivity contribution in [2.75, 3.05) is 26.3 Å². The molecule has 2 fully saturated rings. The Morgan fingerprint density at radius 2 is 2.00 bits per heavy atom. The van der Waals surface area contributed by atoms with Gasteiger partial charge in [-0.15, -0.1) is 0 Å². The minimum absolute atomic E-state index is 0.130. The van der Waals surface area contributed by atoms with Gasteiger partial charge in [0.2, 0.25) is 11.4 Å². The molecule has 0 spiro atoms. The Labute approximate surface area is 137 Å². The molecule has 8 heteroatoms. The van der Waals surface area contributed by atoms with E-state index in [-0.39, 0.29) is 21.7 Å². The number of rotatable bonds is 3. The van der Waals surface area contributed by atoms with Crippen LogP contribution in [-0.2, 0) is 11.3 Å². The Hall–Kier alpha value is -2.06. The number of likely N-dealkylation sites (tertiary alicyclic amines) is 1. The summed E-state index contributed by atoms with van der Waals surface area (Å²) in [5.74, 6) is -0.901. The maximum absolute atomic E-state index is 13.7. The average molecular weight is 337 g/mol. The molecule has 1 aromatic heterocycles. The summed E-state index contributed by atoms with van der Waals surface area (Å²) in [4.78, 5) is 2.44. The van der Waals surface area contributed by atoms with Gasteiger partial charge in [-0.05, 0) is 29.5 Å². The zero-order chi connectivity index (χ0) is 16.8. The molecule has 4 rings (SSSR count). The lowest BCUT2D eigenvalue weighted by molar-refractivity contribution is -0.793. The van der Waals surface area contributed by atoms with Gasteiger partial charge >= 0.3 is 0 Å². The van der Waals surface area contributed by atoms with Crippen LogP contribution in [0.5, 0.6) is 0 Å². The van der Waals surface area contributed by atoms with Crippen LogP contribution in [-0.4, -0.2) is 36.4 Å². The number of ether oxygens (including phenoxy) is 1. The van der Waals surface area contributed by atoms with Crippen LogP contribution in [0.3, 0.4) is 0 Å². The number of aryl methyl sites for hydroxylation is 1. The van der Waals surface area contributed by atoms with Crippen molar-refractivity contribution < 1.29 is 23.0 Å². The smallest absolute Gasteiger partial charge is 0.240 e. The van der Waals surface area contributed by atoms with E-state index >= 15 is 0 Å². The number of hydrogen-bond acceptors (Lipinski definition) is 5. The Morgan fingerprint density at radius 3 is 2.67 bits per heavy atom. The van der Waals surface area contributed by atoms with Crippen LogP contribution in [0.25, 0.3) is 11.3 Å². The molecule has 24 heavy (non-hydrogen) atoms. The third-order valence-corrected chi connectivity index (χ3v) is 4.85. The van der Waals surface area contributed by atoms with E-state index < -0.39 is 11.6 Å². The van der Waals surface area contributed by atoms with Gasteiger partial charge < -0.3 is 9.94 Å². The highest BCUT2D eigenvalue weighted by atomic mass is 19.2. The third kappa shape index (κ3) is 2.55. The van der Waals surface area contributed by atoms with Gasteiger partial charge in [0.25, 0.3) is 0 Å². The van der Waals surface area contributed by atoms with Crippen LogP contribution in [0.2, 0.25) is 0 Å². The van der Waals surface area contributed by atoms with E-state index in [1.165, 1.54) is 13.0 Å². The van der Waals surface area contributed by atoms with E-state index in [0.29, 0.717) is 24.1 Å². The van der Waals surface area contributed by atoms with Gasteiger partial charge in [-0.1, -0.05) is 0 Å². The molecule has 0 bridgehead atoms. The summed E-state index contributed by atoms with van der Waals surface area (Å²) in [5, 5.41) is 15.8. The highest BCUT2D eigenvalue weighted by molar-refractivity contribution is 5.59. The highest BCUT2D eigenvalue weighted by Gasteiger charge is 2.38. The minimum Gasteiger partial charge on any atom is -0.381 e. The van der Waals surface area contributed by atoms with Crippen LogP contribution >= 0.6 is 0 Å². The molecule has 2 atom stereocenters. The lowest BCUT2D eigenvalue weighted by Crippen LogP contribution is -2.27. The molecule has 2 aromatic rings. The summed E-state index contributed by atoms with van der Waals surface area (Å²) >= 11 is 0. The summed E-state index contributed by atoms with van der Waals surface area (Å²) in [7, 11) is 0. The summed E-state index contributed by atoms with van der Waals surface area (Å²) < 4.78 is 37.3. The molecule has 2 aliphatic rings. The van der Waals surface area contributed by atoms with Crippen molar-refractivity contribution >= 4 is 0 Å². The molecular weight excluding hydrogens is 320 g/mol. The number of halogens is 2. The third-order valence-electron chi connectivity index (χ3n) is 4.85. The lowest BCUT2D eigenvalue weighted by atomic mass is 10.0. The average Bonchev–Trinajstić information content (AvgIpc) is 3.20. The number of aromatic nitrogens is 2. The molecule has 1 aromatic carbocycles. The number of benzene rings is 1. The fraction of sp³-hybridized carbons (Fsp3) is 0.500. The fourth-order valence-corrected chi connectivity index (χ4v) is 3.64. The molecule has 0 radical (unpaired) electrons. The first-order valence-corrected chi connectivity index (χ1v) is 7.87. The number of hydrogen-bond donors (Lipinski definition) is 0. The van der Waals surface area contributed by atoms with Crippen molar-refractivity contribution in [2.45, 2.75) is 13.5 Å². The molecule has 128 valence electrons. The van der Waals surface area contributed by atoms with Gasteiger partial charge in [-0.2, -0.15) is 0 Å². The SMILES string of the molecule is Cc1cc(-c2c(CN3CC4COC[C@@H]4C3)no[n+]2[O-])cc(F)c1F. The van der Waals surface area contributed by atoms with E-state index in [0.717, 1.165) is 32.4 Å². The zero-order valence-electron chi connectivity index (χ0n) is 13.2. The Kier molecular flexibility index (Phi) is 3.73. The first-order chi connectivity index (χ1) is 11.5. The van der Waals surface area contributed by atoms with E-state index in [1.54, 1.807) is 0 Å². The van der Waals surface area contributed by atoms with Gasteiger partial charge in [0.15, 0.2) is 11.6 Å². The standard InChI is InChI=1S/C16H17F2N3O3/c1-9-2-10(3-13(17)15(9)18)16-14(19-24-21(16)22)6-20-4-11-7-23-8-12(11)5-20/h2-3,11-12H,4-8H2,1H3/t11-,12?/m0/s1. The van der Waals surface area contributed by atoms with Crippen molar-refractivity contribution in [2.24, 2.45) is 11.8 Å². The first-order valence-electron chi connectivity index (χ1n) is 7.87. The molecule has 0 amide bonds. The normalized spacial score (nSPS) is 23.8. The predicted octanol–water partition coefficient (Wildman–Crippen LogP) is 1.64. The Balaban J connectivity index is 1.62. The van der Waals surface area contributed by atoms with Gasteiger partial charge in [0, 0.05) is 35.6 Å². The van der Waals surface area contributed by atoms with Crippen molar-refractivity contribution in [3.05, 3.63) is 40.2 Å². The maximum Gasteiger partial charge on any atom is 0.240 e. The zero-order valence-corrected chi connectivity index (χ0v) is 13.2. The fourth-order valence-electron chi connectivity index (χ4n) is 3.64. The highest BCUT2D eigenvalue weighted by Crippen LogP contribution is 2.31. The molecule has 3 heterocycles. The van der Waals surface area contributed by atoms with Gasteiger partial charge in [-0.25, -0.2) is 8.78 Å². The van der Waals surface area contributed by atoms with Crippen molar-refractivity contribution in [3.63, 3.8) is 0 Å². The largest absolute Gasteiger partial charge is 0.381 e. The van der Waals surface area contributed by atoms with Crippen molar-refractivity contribution in [3.8, 4) is 11.3 Å². The molecule has 0 aliphatic carbocycles. The van der Waals surface area contributed by atoms with Crippen LogP contribution in [0, 0.1) is 35.6 Å². The number of fused-ring (bicyclic) bond motifs is 1. The molecule has 6 nitrogen and oxygen atoms in total. The Bertz CT molecular complexity index is 745. The van der Waals surface area contributed by atoms with E-state index in [2.05, 4.69) is 10.1 Å². The van der Waals surface area contributed by atoms with E-state index in [9.17, 15) is 14.0 Å². The maximum atomic E-state index is 13.7. The van der Waals surface area contributed by atoms with Gasteiger partial charge in [-0.3, -0.25) is 9.53 Å². The van der Waals surface area contributed by atoms with E-state index in [4.69, 9.17) is 9.37 Å². The minimum atomic E-state index is -0.995. The van der Waals surface area contributed by atoms with Gasteiger partial charge in [0.1, 0.15) is 0 Å². The number of nitrogens with zero attached hydrogens (tertiary/aromatic N) is 3. The lowest BCUT2D eigenvalue weighted by Gasteiger charge is -2.14. The van der Waals surface area contributed by atoms with Gasteiger partial charge in [0.05, 0.1) is 19.8 Å². The second-order valence-electron chi connectivity index (χ2n) is 6.57. The summed E-state index contributed by atoms with van der Waals surface area (Å²) in [6.07, 6.45) is 0. The molecule has 0 N–H and O–H groups in total.